The molecule has 5 aromatic rings. The van der Waals surface area contributed by atoms with Gasteiger partial charge in [0.05, 0.1) is 42.5 Å². The van der Waals surface area contributed by atoms with Gasteiger partial charge >= 0.3 is 0 Å². The quantitative estimate of drug-likeness (QED) is 0.376. The van der Waals surface area contributed by atoms with Gasteiger partial charge in [0.25, 0.3) is 5.91 Å². The number of thiophene rings is 1. The molecule has 170 valence electrons. The van der Waals surface area contributed by atoms with Crippen LogP contribution < -0.4 is 0 Å². The van der Waals surface area contributed by atoms with E-state index in [0.29, 0.717) is 12.1 Å². The first kappa shape index (κ1) is 20.9. The SMILES string of the molecule is C[N+]1(C)CCN(C(=O)c2ccc(-c3ccc4nnc(Cc5ccc6ncccc6c5)n4n3)s2)C1. The van der Waals surface area contributed by atoms with E-state index in [0.717, 1.165) is 62.0 Å². The number of carbonyl (C=O) groups is 1. The van der Waals surface area contributed by atoms with E-state index < -0.39 is 0 Å². The number of amides is 1. The molecule has 0 aliphatic carbocycles. The summed E-state index contributed by atoms with van der Waals surface area (Å²) in [6.45, 7) is 2.51. The number of pyridine rings is 1. The van der Waals surface area contributed by atoms with Gasteiger partial charge in [-0.15, -0.1) is 21.5 Å². The highest BCUT2D eigenvalue weighted by Gasteiger charge is 2.32. The van der Waals surface area contributed by atoms with Gasteiger partial charge in [-0.3, -0.25) is 14.7 Å². The molecule has 1 aliphatic heterocycles. The summed E-state index contributed by atoms with van der Waals surface area (Å²) >= 11 is 1.48. The van der Waals surface area contributed by atoms with Gasteiger partial charge in [0.15, 0.2) is 18.1 Å². The van der Waals surface area contributed by atoms with Gasteiger partial charge < -0.3 is 4.48 Å². The van der Waals surface area contributed by atoms with Crippen LogP contribution in [-0.2, 0) is 6.42 Å². The first-order valence-corrected chi connectivity index (χ1v) is 12.0. The molecule has 0 atom stereocenters. The van der Waals surface area contributed by atoms with Crippen molar-refractivity contribution in [1.29, 1.82) is 0 Å². The van der Waals surface area contributed by atoms with Crippen LogP contribution in [0.1, 0.15) is 21.1 Å². The van der Waals surface area contributed by atoms with Crippen molar-refractivity contribution in [2.24, 2.45) is 0 Å². The fourth-order valence-electron chi connectivity index (χ4n) is 4.40. The van der Waals surface area contributed by atoms with Crippen LogP contribution in [0.2, 0.25) is 0 Å². The average molecular weight is 471 g/mol. The van der Waals surface area contributed by atoms with Crippen molar-refractivity contribution in [2.45, 2.75) is 6.42 Å². The smallest absolute Gasteiger partial charge is 0.268 e. The van der Waals surface area contributed by atoms with Crippen LogP contribution >= 0.6 is 11.3 Å². The van der Waals surface area contributed by atoms with Gasteiger partial charge in [-0.2, -0.15) is 9.61 Å². The molecule has 0 spiro atoms. The minimum absolute atomic E-state index is 0.0943. The monoisotopic (exact) mass is 470 g/mol. The molecule has 1 aromatic carbocycles. The number of likely N-dealkylation sites (N-methyl/N-ethyl adjacent to an activating group) is 1. The summed E-state index contributed by atoms with van der Waals surface area (Å²) in [6.07, 6.45) is 2.41. The molecule has 1 amide bonds. The molecule has 1 fully saturated rings. The van der Waals surface area contributed by atoms with E-state index in [-0.39, 0.29) is 5.91 Å². The Morgan fingerprint density at radius 1 is 1.09 bits per heavy atom. The summed E-state index contributed by atoms with van der Waals surface area (Å²) in [5, 5.41) is 14.6. The van der Waals surface area contributed by atoms with E-state index in [1.165, 1.54) is 11.3 Å². The Bertz CT molecular complexity index is 1540. The number of benzene rings is 1. The zero-order chi connectivity index (χ0) is 23.3. The number of rotatable bonds is 4. The second-order valence-electron chi connectivity index (χ2n) is 9.35. The highest BCUT2D eigenvalue weighted by Crippen LogP contribution is 2.29. The fraction of sp³-hybridized carbons (Fsp3) is 0.240. The van der Waals surface area contributed by atoms with E-state index in [1.54, 1.807) is 10.7 Å². The largest absolute Gasteiger partial charge is 0.310 e. The molecular weight excluding hydrogens is 446 g/mol. The van der Waals surface area contributed by atoms with E-state index in [2.05, 4.69) is 47.5 Å². The molecule has 0 bridgehead atoms. The number of aromatic nitrogens is 5. The number of fused-ring (bicyclic) bond motifs is 2. The zero-order valence-electron chi connectivity index (χ0n) is 19.0. The zero-order valence-corrected chi connectivity index (χ0v) is 19.9. The molecule has 9 heteroatoms. The first-order chi connectivity index (χ1) is 16.4. The van der Waals surface area contributed by atoms with Gasteiger partial charge in [-0.05, 0) is 48.0 Å². The van der Waals surface area contributed by atoms with Crippen molar-refractivity contribution >= 4 is 33.8 Å². The van der Waals surface area contributed by atoms with Crippen LogP contribution in [0.3, 0.4) is 0 Å². The Morgan fingerprint density at radius 2 is 2.00 bits per heavy atom. The van der Waals surface area contributed by atoms with Crippen LogP contribution in [0.5, 0.6) is 0 Å². The lowest BCUT2D eigenvalue weighted by Crippen LogP contribution is -2.39. The summed E-state index contributed by atoms with van der Waals surface area (Å²) < 4.78 is 2.64. The number of carbonyl (C=O) groups excluding carboxylic acids is 1. The van der Waals surface area contributed by atoms with Crippen molar-refractivity contribution in [1.82, 2.24) is 29.7 Å². The minimum Gasteiger partial charge on any atom is -0.310 e. The van der Waals surface area contributed by atoms with Gasteiger partial charge in [-0.25, -0.2) is 0 Å². The molecule has 6 rings (SSSR count). The number of hydrogen-bond acceptors (Lipinski definition) is 6. The fourth-order valence-corrected chi connectivity index (χ4v) is 5.34. The Kier molecular flexibility index (Phi) is 4.89. The number of hydrogen-bond donors (Lipinski definition) is 0. The standard InChI is InChI=1S/C25H24N7OS/c1-32(2)13-12-30(16-32)25(33)22-9-8-21(34-22)20-7-10-23-27-28-24(31(23)29-20)15-17-5-6-19-18(14-17)4-3-11-26-19/h3-11,14H,12-13,15-16H2,1-2H3/q+1. The molecule has 5 heterocycles. The van der Waals surface area contributed by atoms with Gasteiger partial charge in [0.2, 0.25) is 0 Å². The van der Waals surface area contributed by atoms with Gasteiger partial charge in [-0.1, -0.05) is 12.1 Å². The Labute approximate surface area is 200 Å². The molecule has 8 nitrogen and oxygen atoms in total. The van der Waals surface area contributed by atoms with Crippen molar-refractivity contribution < 1.29 is 9.28 Å². The van der Waals surface area contributed by atoms with E-state index >= 15 is 0 Å². The highest BCUT2D eigenvalue weighted by molar-refractivity contribution is 7.17. The van der Waals surface area contributed by atoms with Crippen molar-refractivity contribution in [3.63, 3.8) is 0 Å². The topological polar surface area (TPSA) is 76.3 Å². The summed E-state index contributed by atoms with van der Waals surface area (Å²) in [5.41, 5.74) is 3.60. The molecule has 0 radical (unpaired) electrons. The third-order valence-electron chi connectivity index (χ3n) is 6.24. The van der Waals surface area contributed by atoms with Crippen LogP contribution in [0.25, 0.3) is 27.1 Å². The van der Waals surface area contributed by atoms with Crippen molar-refractivity contribution in [3.8, 4) is 10.6 Å². The van der Waals surface area contributed by atoms with Gasteiger partial charge in [0.1, 0.15) is 5.69 Å². The number of quaternary nitrogens is 1. The summed E-state index contributed by atoms with van der Waals surface area (Å²) in [7, 11) is 4.30. The van der Waals surface area contributed by atoms with Crippen LogP contribution in [-0.4, -0.2) is 73.9 Å². The maximum absolute atomic E-state index is 13.0. The maximum atomic E-state index is 13.0. The van der Waals surface area contributed by atoms with E-state index in [9.17, 15) is 4.79 Å². The second kappa shape index (κ2) is 7.96. The van der Waals surface area contributed by atoms with Crippen molar-refractivity contribution in [3.05, 3.63) is 77.1 Å². The molecular formula is C25H24N7OS+. The highest BCUT2D eigenvalue weighted by atomic mass is 32.1. The maximum Gasteiger partial charge on any atom is 0.268 e. The van der Waals surface area contributed by atoms with Crippen molar-refractivity contribution in [2.75, 3.05) is 33.9 Å². The van der Waals surface area contributed by atoms with E-state index in [4.69, 9.17) is 5.10 Å². The molecule has 0 N–H and O–H groups in total. The summed E-state index contributed by atoms with van der Waals surface area (Å²) in [5.74, 6) is 0.863. The third-order valence-corrected chi connectivity index (χ3v) is 7.34. The normalized spacial score (nSPS) is 15.4. The van der Waals surface area contributed by atoms with Crippen LogP contribution in [0.15, 0.2) is 60.8 Å². The molecule has 0 unspecified atom stereocenters. The number of nitrogens with zero attached hydrogens (tertiary/aromatic N) is 7. The van der Waals surface area contributed by atoms with Crippen LogP contribution in [0, 0.1) is 0 Å². The first-order valence-electron chi connectivity index (χ1n) is 11.2. The molecule has 4 aromatic heterocycles. The Hall–Kier alpha value is -3.69. The summed E-state index contributed by atoms with van der Waals surface area (Å²) in [6, 6.07) is 18.0. The second-order valence-corrected chi connectivity index (χ2v) is 10.4. The summed E-state index contributed by atoms with van der Waals surface area (Å²) in [4.78, 5) is 21.0. The predicted molar refractivity (Wildman–Crippen MR) is 132 cm³/mol. The van der Waals surface area contributed by atoms with Crippen LogP contribution in [0.4, 0.5) is 0 Å². The lowest BCUT2D eigenvalue weighted by molar-refractivity contribution is -0.881. The lowest BCUT2D eigenvalue weighted by atomic mass is 10.1. The lowest BCUT2D eigenvalue weighted by Gasteiger charge is -2.23. The molecule has 1 saturated heterocycles. The minimum atomic E-state index is 0.0943. The predicted octanol–water partition coefficient (Wildman–Crippen LogP) is 3.48. The molecule has 1 aliphatic rings. The molecule has 0 saturated carbocycles. The van der Waals surface area contributed by atoms with Gasteiger partial charge in [0, 0.05) is 18.0 Å². The average Bonchev–Trinajstić information content (AvgIpc) is 3.57. The Balaban J connectivity index is 1.28. The third kappa shape index (κ3) is 3.82. The molecule has 34 heavy (non-hydrogen) atoms. The van der Waals surface area contributed by atoms with E-state index in [1.807, 2.05) is 41.3 Å². The Morgan fingerprint density at radius 3 is 2.85 bits per heavy atom.